The fraction of sp³-hybridized carbons (Fsp3) is 0.650. The van der Waals surface area contributed by atoms with Gasteiger partial charge in [-0.1, -0.05) is 51.3 Å². The van der Waals surface area contributed by atoms with E-state index in [4.69, 9.17) is 0 Å². The Morgan fingerprint density at radius 3 is 2.68 bits per heavy atom. The minimum absolute atomic E-state index is 0.297. The van der Waals surface area contributed by atoms with Crippen molar-refractivity contribution in [3.8, 4) is 6.07 Å². The van der Waals surface area contributed by atoms with Crippen molar-refractivity contribution in [2.24, 2.45) is 11.8 Å². The van der Waals surface area contributed by atoms with Crippen LogP contribution in [0.15, 0.2) is 30.3 Å². The summed E-state index contributed by atoms with van der Waals surface area (Å²) in [5.41, 5.74) is 0.954. The van der Waals surface area contributed by atoms with Crippen LogP contribution in [0.1, 0.15) is 58.8 Å². The number of nitriles is 1. The van der Waals surface area contributed by atoms with Gasteiger partial charge in [0.1, 0.15) is 5.54 Å². The van der Waals surface area contributed by atoms with Crippen LogP contribution in [0.5, 0.6) is 0 Å². The number of para-hydroxylation sites is 1. The Kier molecular flexibility index (Phi) is 4.43. The van der Waals surface area contributed by atoms with Crippen molar-refractivity contribution in [2.45, 2.75) is 70.4 Å². The number of nitrogens with zero attached hydrogens (tertiary/aromatic N) is 2. The lowest BCUT2D eigenvalue weighted by molar-refractivity contribution is 0.132. The molecule has 22 heavy (non-hydrogen) atoms. The number of fused-ring (bicyclic) bond motifs is 1. The van der Waals surface area contributed by atoms with E-state index in [1.54, 1.807) is 0 Å². The fourth-order valence-electron chi connectivity index (χ4n) is 4.95. The third-order valence-electron chi connectivity index (χ3n) is 5.97. The molecule has 1 saturated carbocycles. The molecule has 1 saturated heterocycles. The molecular weight excluding hydrogens is 268 g/mol. The van der Waals surface area contributed by atoms with E-state index in [0.29, 0.717) is 6.04 Å². The van der Waals surface area contributed by atoms with Gasteiger partial charge in [0.25, 0.3) is 0 Å². The highest BCUT2D eigenvalue weighted by Gasteiger charge is 2.49. The molecule has 0 spiro atoms. The average Bonchev–Trinajstić information content (AvgIpc) is 2.56. The van der Waals surface area contributed by atoms with Gasteiger partial charge in [-0.15, -0.1) is 0 Å². The predicted octanol–water partition coefficient (Wildman–Crippen LogP) is 5.15. The zero-order valence-corrected chi connectivity index (χ0v) is 14.0. The topological polar surface area (TPSA) is 27.0 Å². The molecule has 2 heteroatoms. The summed E-state index contributed by atoms with van der Waals surface area (Å²) in [6.45, 7) is 4.62. The smallest absolute Gasteiger partial charge is 0.128 e. The minimum Gasteiger partial charge on any atom is -0.350 e. The Bertz CT molecular complexity index is 532. The average molecular weight is 296 g/mol. The van der Waals surface area contributed by atoms with Crippen molar-refractivity contribution < 1.29 is 0 Å². The number of piperidine rings is 1. The Morgan fingerprint density at radius 2 is 2.00 bits per heavy atom. The SMILES string of the molecule is CCC[C@@]1(C#N)CC[C@H]2[C@H](C)CCC[C@H]2N1c1ccccc1. The summed E-state index contributed by atoms with van der Waals surface area (Å²) in [5, 5.41) is 10.1. The van der Waals surface area contributed by atoms with Crippen LogP contribution < -0.4 is 4.90 Å². The highest BCUT2D eigenvalue weighted by molar-refractivity contribution is 5.53. The lowest BCUT2D eigenvalue weighted by atomic mass is 9.66. The van der Waals surface area contributed by atoms with E-state index in [0.717, 1.165) is 31.1 Å². The maximum Gasteiger partial charge on any atom is 0.128 e. The van der Waals surface area contributed by atoms with Crippen LogP contribution in [0.3, 0.4) is 0 Å². The van der Waals surface area contributed by atoms with Crippen molar-refractivity contribution in [1.82, 2.24) is 0 Å². The van der Waals surface area contributed by atoms with Gasteiger partial charge in [0.05, 0.1) is 6.07 Å². The zero-order chi connectivity index (χ0) is 15.6. The lowest BCUT2D eigenvalue weighted by Crippen LogP contribution is -2.61. The van der Waals surface area contributed by atoms with E-state index in [1.165, 1.54) is 31.4 Å². The summed E-state index contributed by atoms with van der Waals surface area (Å²) in [6, 6.07) is 14.0. The molecule has 0 amide bonds. The van der Waals surface area contributed by atoms with E-state index < -0.39 is 0 Å². The highest BCUT2D eigenvalue weighted by Crippen LogP contribution is 2.48. The van der Waals surface area contributed by atoms with Gasteiger partial charge in [-0.3, -0.25) is 0 Å². The molecule has 0 N–H and O–H groups in total. The van der Waals surface area contributed by atoms with Gasteiger partial charge >= 0.3 is 0 Å². The maximum absolute atomic E-state index is 10.1. The Hall–Kier alpha value is -1.49. The van der Waals surface area contributed by atoms with E-state index in [2.05, 4.69) is 55.1 Å². The first-order valence-electron chi connectivity index (χ1n) is 8.97. The Labute approximate surface area is 135 Å². The largest absolute Gasteiger partial charge is 0.350 e. The Morgan fingerprint density at radius 1 is 1.23 bits per heavy atom. The number of rotatable bonds is 3. The van der Waals surface area contributed by atoms with E-state index in [1.807, 2.05) is 0 Å². The molecule has 2 fully saturated rings. The molecule has 0 unspecified atom stereocenters. The van der Waals surface area contributed by atoms with Gasteiger partial charge < -0.3 is 4.90 Å². The standard InChI is InChI=1S/C20H28N2/c1-3-13-20(15-21)14-12-18-16(2)8-7-11-19(18)22(20)17-9-5-4-6-10-17/h4-6,9-10,16,18-19H,3,7-8,11-14H2,1-2H3/t16-,18+,19-,20+/m1/s1. The second-order valence-electron chi connectivity index (χ2n) is 7.28. The van der Waals surface area contributed by atoms with Crippen LogP contribution in [0.4, 0.5) is 5.69 Å². The normalized spacial score (nSPS) is 34.8. The molecule has 1 aromatic carbocycles. The molecule has 1 heterocycles. The molecular formula is C20H28N2. The third kappa shape index (κ3) is 2.51. The summed E-state index contributed by atoms with van der Waals surface area (Å²) in [4.78, 5) is 2.53. The van der Waals surface area contributed by atoms with Crippen LogP contribution in [-0.2, 0) is 0 Å². The third-order valence-corrected chi connectivity index (χ3v) is 5.97. The number of hydrogen-bond acceptors (Lipinski definition) is 2. The summed E-state index contributed by atoms with van der Waals surface area (Å²) >= 11 is 0. The van der Waals surface area contributed by atoms with Crippen LogP contribution in [0, 0.1) is 23.2 Å². The molecule has 3 rings (SSSR count). The molecule has 0 bridgehead atoms. The van der Waals surface area contributed by atoms with Crippen molar-refractivity contribution in [3.05, 3.63) is 30.3 Å². The number of hydrogen-bond donors (Lipinski definition) is 0. The van der Waals surface area contributed by atoms with Gasteiger partial charge in [-0.25, -0.2) is 0 Å². The van der Waals surface area contributed by atoms with Gasteiger partial charge in [0.15, 0.2) is 0 Å². The molecule has 1 aromatic rings. The molecule has 118 valence electrons. The van der Waals surface area contributed by atoms with Gasteiger partial charge in [0, 0.05) is 11.7 Å². The highest BCUT2D eigenvalue weighted by atomic mass is 15.2. The summed E-state index contributed by atoms with van der Waals surface area (Å²) < 4.78 is 0. The minimum atomic E-state index is -0.297. The van der Waals surface area contributed by atoms with Crippen molar-refractivity contribution in [1.29, 1.82) is 5.26 Å². The molecule has 1 aliphatic carbocycles. The first-order valence-corrected chi connectivity index (χ1v) is 8.97. The van der Waals surface area contributed by atoms with Crippen molar-refractivity contribution in [2.75, 3.05) is 4.90 Å². The summed E-state index contributed by atoms with van der Waals surface area (Å²) in [5.74, 6) is 1.55. The summed E-state index contributed by atoms with van der Waals surface area (Å²) in [6.07, 6.45) is 8.22. The summed E-state index contributed by atoms with van der Waals surface area (Å²) in [7, 11) is 0. The van der Waals surface area contributed by atoms with Gasteiger partial charge in [-0.2, -0.15) is 5.26 Å². The molecule has 0 aromatic heterocycles. The van der Waals surface area contributed by atoms with Crippen molar-refractivity contribution in [3.63, 3.8) is 0 Å². The van der Waals surface area contributed by atoms with E-state index in [9.17, 15) is 5.26 Å². The maximum atomic E-state index is 10.1. The van der Waals surface area contributed by atoms with Gasteiger partial charge in [0.2, 0.25) is 0 Å². The first kappa shape index (κ1) is 15.4. The second kappa shape index (κ2) is 6.32. The number of benzene rings is 1. The van der Waals surface area contributed by atoms with Crippen LogP contribution in [0.25, 0.3) is 0 Å². The van der Waals surface area contributed by atoms with E-state index in [-0.39, 0.29) is 5.54 Å². The second-order valence-corrected chi connectivity index (χ2v) is 7.28. The predicted molar refractivity (Wildman–Crippen MR) is 91.7 cm³/mol. The fourth-order valence-corrected chi connectivity index (χ4v) is 4.95. The van der Waals surface area contributed by atoms with Crippen LogP contribution >= 0.6 is 0 Å². The van der Waals surface area contributed by atoms with Crippen molar-refractivity contribution >= 4 is 5.69 Å². The van der Waals surface area contributed by atoms with E-state index >= 15 is 0 Å². The molecule has 1 aliphatic heterocycles. The quantitative estimate of drug-likeness (QED) is 0.771. The molecule has 0 radical (unpaired) electrons. The molecule has 4 atom stereocenters. The lowest BCUT2D eigenvalue weighted by Gasteiger charge is -2.55. The van der Waals surface area contributed by atoms with Crippen LogP contribution in [-0.4, -0.2) is 11.6 Å². The first-order chi connectivity index (χ1) is 10.7. The monoisotopic (exact) mass is 296 g/mol. The zero-order valence-electron chi connectivity index (χ0n) is 14.0. The van der Waals surface area contributed by atoms with Gasteiger partial charge in [-0.05, 0) is 49.7 Å². The van der Waals surface area contributed by atoms with Crippen LogP contribution in [0.2, 0.25) is 0 Å². The molecule has 2 nitrogen and oxygen atoms in total. The Balaban J connectivity index is 2.03. The molecule has 2 aliphatic rings. The number of anilines is 1.